The highest BCUT2D eigenvalue weighted by Gasteiger charge is 2.50. The second kappa shape index (κ2) is 10.6. The van der Waals surface area contributed by atoms with Crippen LogP contribution in [0.1, 0.15) is 25.7 Å². The van der Waals surface area contributed by atoms with E-state index in [1.807, 2.05) is 0 Å². The van der Waals surface area contributed by atoms with Crippen LogP contribution < -0.4 is 20.1 Å². The van der Waals surface area contributed by atoms with Gasteiger partial charge in [-0.25, -0.2) is 8.78 Å². The minimum absolute atomic E-state index is 0.0162. The summed E-state index contributed by atoms with van der Waals surface area (Å²) in [4.78, 5) is 12.5. The molecule has 0 saturated heterocycles. The number of aliphatic hydroxyl groups excluding tert-OH is 1. The van der Waals surface area contributed by atoms with Crippen molar-refractivity contribution < 1.29 is 28.2 Å². The molecule has 2 aliphatic carbocycles. The average molecular weight is 515 g/mol. The van der Waals surface area contributed by atoms with Crippen molar-refractivity contribution >= 4 is 29.1 Å². The van der Waals surface area contributed by atoms with E-state index in [1.165, 1.54) is 24.3 Å². The monoisotopic (exact) mass is 514 g/mol. The number of nitrogens with one attached hydrogen (secondary N) is 2. The van der Waals surface area contributed by atoms with Crippen LogP contribution in [0.5, 0.6) is 11.5 Å². The molecule has 0 spiro atoms. The summed E-state index contributed by atoms with van der Waals surface area (Å²) in [7, 11) is 0. The minimum atomic E-state index is -0.638. The SMILES string of the molecule is O=C(COc1ccc(Cl)c(F)c1)N[C@]12CC[C@H](C1)[C@@H](NCCOc1ccc(Cl)c(F)c1)[C@H](O)C2. The van der Waals surface area contributed by atoms with E-state index in [0.29, 0.717) is 25.3 Å². The van der Waals surface area contributed by atoms with Crippen LogP contribution in [-0.4, -0.2) is 48.5 Å². The van der Waals surface area contributed by atoms with Crippen LogP contribution in [0.15, 0.2) is 36.4 Å². The summed E-state index contributed by atoms with van der Waals surface area (Å²) >= 11 is 11.3. The minimum Gasteiger partial charge on any atom is -0.492 e. The van der Waals surface area contributed by atoms with Crippen LogP contribution in [0.3, 0.4) is 0 Å². The van der Waals surface area contributed by atoms with Crippen molar-refractivity contribution in [3.05, 3.63) is 58.1 Å². The Labute approximate surface area is 206 Å². The van der Waals surface area contributed by atoms with E-state index in [-0.39, 0.29) is 40.3 Å². The van der Waals surface area contributed by atoms with Crippen LogP contribution in [0.2, 0.25) is 10.0 Å². The Balaban J connectivity index is 1.23. The van der Waals surface area contributed by atoms with Crippen molar-refractivity contribution in [3.8, 4) is 11.5 Å². The van der Waals surface area contributed by atoms with Gasteiger partial charge in [0.05, 0.1) is 16.1 Å². The molecule has 2 aromatic carbocycles. The molecule has 0 aromatic heterocycles. The molecule has 0 heterocycles. The van der Waals surface area contributed by atoms with Gasteiger partial charge in [0, 0.05) is 30.3 Å². The lowest BCUT2D eigenvalue weighted by molar-refractivity contribution is -0.126. The lowest BCUT2D eigenvalue weighted by atomic mass is 9.78. The summed E-state index contributed by atoms with van der Waals surface area (Å²) in [6.07, 6.45) is 2.15. The number of hydrogen-bond donors (Lipinski definition) is 3. The molecule has 2 aromatic rings. The van der Waals surface area contributed by atoms with E-state index < -0.39 is 23.3 Å². The van der Waals surface area contributed by atoms with Crippen molar-refractivity contribution in [1.82, 2.24) is 10.6 Å². The highest BCUT2D eigenvalue weighted by Crippen LogP contribution is 2.45. The van der Waals surface area contributed by atoms with Crippen molar-refractivity contribution in [2.45, 2.75) is 43.4 Å². The highest BCUT2D eigenvalue weighted by atomic mass is 35.5. The summed E-state index contributed by atoms with van der Waals surface area (Å²) in [6.45, 7) is 0.530. The molecule has 10 heteroatoms. The molecule has 4 atom stereocenters. The van der Waals surface area contributed by atoms with Crippen LogP contribution in [-0.2, 0) is 4.79 Å². The first-order chi connectivity index (χ1) is 16.2. The molecule has 34 heavy (non-hydrogen) atoms. The molecule has 184 valence electrons. The first-order valence-electron chi connectivity index (χ1n) is 11.1. The van der Waals surface area contributed by atoms with Gasteiger partial charge in [-0.15, -0.1) is 0 Å². The Morgan fingerprint density at radius 1 is 1.06 bits per heavy atom. The lowest BCUT2D eigenvalue weighted by Crippen LogP contribution is -2.58. The zero-order valence-electron chi connectivity index (χ0n) is 18.3. The quantitative estimate of drug-likeness (QED) is 0.439. The van der Waals surface area contributed by atoms with Crippen molar-refractivity contribution in [1.29, 1.82) is 0 Å². The van der Waals surface area contributed by atoms with Crippen molar-refractivity contribution in [2.24, 2.45) is 5.92 Å². The molecule has 0 aliphatic heterocycles. The third-order valence-corrected chi connectivity index (χ3v) is 7.09. The highest BCUT2D eigenvalue weighted by molar-refractivity contribution is 6.31. The zero-order chi connectivity index (χ0) is 24.3. The number of ether oxygens (including phenoxy) is 2. The van der Waals surface area contributed by atoms with Gasteiger partial charge < -0.3 is 25.2 Å². The topological polar surface area (TPSA) is 79.8 Å². The third kappa shape index (κ3) is 5.92. The van der Waals surface area contributed by atoms with Gasteiger partial charge in [-0.1, -0.05) is 23.2 Å². The molecular formula is C24H26Cl2F2N2O4. The summed E-state index contributed by atoms with van der Waals surface area (Å²) in [6, 6.07) is 8.15. The molecular weight excluding hydrogens is 489 g/mol. The number of rotatable bonds is 9. The Morgan fingerprint density at radius 2 is 1.71 bits per heavy atom. The number of aliphatic hydroxyl groups is 1. The maximum Gasteiger partial charge on any atom is 0.258 e. The normalized spacial score (nSPS) is 25.7. The van der Waals surface area contributed by atoms with Gasteiger partial charge in [-0.2, -0.15) is 0 Å². The largest absolute Gasteiger partial charge is 0.492 e. The first-order valence-corrected chi connectivity index (χ1v) is 11.9. The maximum atomic E-state index is 13.5. The Kier molecular flexibility index (Phi) is 7.82. The fraction of sp³-hybridized carbons (Fsp3) is 0.458. The van der Waals surface area contributed by atoms with Gasteiger partial charge in [0.15, 0.2) is 6.61 Å². The van der Waals surface area contributed by atoms with E-state index in [2.05, 4.69) is 10.6 Å². The smallest absolute Gasteiger partial charge is 0.258 e. The second-order valence-corrected chi connectivity index (χ2v) is 9.69. The fourth-order valence-corrected chi connectivity index (χ4v) is 5.21. The summed E-state index contributed by atoms with van der Waals surface area (Å²) in [5.74, 6) is -0.669. The number of carbonyl (C=O) groups is 1. The predicted molar refractivity (Wildman–Crippen MR) is 124 cm³/mol. The molecule has 3 N–H and O–H groups in total. The van der Waals surface area contributed by atoms with Crippen LogP contribution in [0.4, 0.5) is 8.78 Å². The molecule has 0 unspecified atom stereocenters. The summed E-state index contributed by atoms with van der Waals surface area (Å²) in [5, 5.41) is 17.2. The van der Waals surface area contributed by atoms with Crippen LogP contribution in [0, 0.1) is 17.6 Å². The molecule has 1 amide bonds. The van der Waals surface area contributed by atoms with Crippen molar-refractivity contribution in [2.75, 3.05) is 19.8 Å². The van der Waals surface area contributed by atoms with Gasteiger partial charge in [-0.05, 0) is 55.9 Å². The second-order valence-electron chi connectivity index (χ2n) is 8.87. The molecule has 2 aliphatic rings. The Morgan fingerprint density at radius 3 is 2.35 bits per heavy atom. The van der Waals surface area contributed by atoms with E-state index in [4.69, 9.17) is 32.7 Å². The average Bonchev–Trinajstić information content (AvgIpc) is 3.14. The van der Waals surface area contributed by atoms with Crippen molar-refractivity contribution in [3.63, 3.8) is 0 Å². The number of benzene rings is 2. The van der Waals surface area contributed by atoms with E-state index in [0.717, 1.165) is 25.3 Å². The molecule has 2 saturated carbocycles. The van der Waals surface area contributed by atoms with E-state index in [9.17, 15) is 18.7 Å². The van der Waals surface area contributed by atoms with Crippen LogP contribution in [0.25, 0.3) is 0 Å². The first kappa shape index (κ1) is 25.0. The molecule has 6 nitrogen and oxygen atoms in total. The number of fused-ring (bicyclic) bond motifs is 2. The molecule has 4 rings (SSSR count). The molecule has 0 radical (unpaired) electrons. The molecule has 2 bridgehead atoms. The van der Waals surface area contributed by atoms with Gasteiger partial charge in [0.25, 0.3) is 5.91 Å². The summed E-state index contributed by atoms with van der Waals surface area (Å²) < 4.78 is 38.0. The number of hydrogen-bond acceptors (Lipinski definition) is 5. The number of halogens is 4. The van der Waals surface area contributed by atoms with Gasteiger partial charge in [0.2, 0.25) is 0 Å². The number of amides is 1. The lowest BCUT2D eigenvalue weighted by Gasteiger charge is -2.41. The fourth-order valence-electron chi connectivity index (χ4n) is 4.98. The van der Waals surface area contributed by atoms with Gasteiger partial charge >= 0.3 is 0 Å². The maximum absolute atomic E-state index is 13.5. The zero-order valence-corrected chi connectivity index (χ0v) is 19.8. The van der Waals surface area contributed by atoms with Crippen LogP contribution >= 0.6 is 23.2 Å². The predicted octanol–water partition coefficient (Wildman–Crippen LogP) is 4.11. The Hall–Kier alpha value is -2.13. The standard InChI is InChI=1S/C24H26Cl2F2N2O4/c25-17-3-1-15(9-19(17)27)33-8-7-29-23-14-5-6-24(11-14,12-21(23)31)30-22(32)13-34-16-2-4-18(26)20(28)10-16/h1-4,9-10,14,21,23,29,31H,5-8,11-13H2,(H,30,32)/t14-,21-,23-,24-/m1/s1. The van der Waals surface area contributed by atoms with E-state index >= 15 is 0 Å². The van der Waals surface area contributed by atoms with Gasteiger partial charge in [0.1, 0.15) is 29.7 Å². The molecule has 2 fully saturated rings. The van der Waals surface area contributed by atoms with E-state index in [1.54, 1.807) is 6.07 Å². The Bertz CT molecular complexity index is 1040. The summed E-state index contributed by atoms with van der Waals surface area (Å²) in [5.41, 5.74) is -0.481. The number of carbonyl (C=O) groups excluding carboxylic acids is 1. The van der Waals surface area contributed by atoms with Gasteiger partial charge in [-0.3, -0.25) is 4.79 Å². The third-order valence-electron chi connectivity index (χ3n) is 6.48.